The van der Waals surface area contributed by atoms with Gasteiger partial charge in [-0.25, -0.2) is 0 Å². The molecule has 0 saturated carbocycles. The smallest absolute Gasteiger partial charge is 0.269 e. The fourth-order valence-corrected chi connectivity index (χ4v) is 3.75. The largest absolute Gasteiger partial charge is 0.379 e. The second-order valence-corrected chi connectivity index (χ2v) is 8.16. The molecule has 4 aromatic rings. The van der Waals surface area contributed by atoms with Crippen LogP contribution in [0, 0.1) is 0 Å². The molecular weight excluding hydrogens is 440 g/mol. The van der Waals surface area contributed by atoms with Crippen molar-refractivity contribution in [1.29, 1.82) is 0 Å². The van der Waals surface area contributed by atoms with Crippen molar-refractivity contribution in [1.82, 2.24) is 15.3 Å². The van der Waals surface area contributed by atoms with Gasteiger partial charge in [0.05, 0.1) is 23.3 Å². The van der Waals surface area contributed by atoms with Crippen LogP contribution in [-0.4, -0.2) is 34.9 Å². The van der Waals surface area contributed by atoms with Crippen LogP contribution in [-0.2, 0) is 6.54 Å². The van der Waals surface area contributed by atoms with Crippen molar-refractivity contribution in [3.8, 4) is 11.1 Å². The van der Waals surface area contributed by atoms with Crippen molar-refractivity contribution in [2.45, 2.75) is 19.4 Å². The van der Waals surface area contributed by atoms with Crippen molar-refractivity contribution in [3.05, 3.63) is 89.9 Å². The zero-order chi connectivity index (χ0) is 24.6. The summed E-state index contributed by atoms with van der Waals surface area (Å²) in [6, 6.07) is 20.8. The van der Waals surface area contributed by atoms with Gasteiger partial charge in [0.15, 0.2) is 0 Å². The highest BCUT2D eigenvalue weighted by molar-refractivity contribution is 5.98. The molecular formula is C27H28N6O2. The zero-order valence-corrected chi connectivity index (χ0v) is 19.3. The van der Waals surface area contributed by atoms with Crippen LogP contribution in [0.1, 0.15) is 39.4 Å². The molecule has 6 N–H and O–H groups in total. The molecule has 0 unspecified atom stereocenters. The molecule has 0 aliphatic heterocycles. The van der Waals surface area contributed by atoms with E-state index in [0.29, 0.717) is 36.6 Å². The number of pyridine rings is 2. The number of fused-ring (bicyclic) bond motifs is 1. The molecule has 8 heteroatoms. The van der Waals surface area contributed by atoms with E-state index in [0.717, 1.165) is 40.6 Å². The molecule has 0 atom stereocenters. The monoisotopic (exact) mass is 468 g/mol. The maximum absolute atomic E-state index is 12.2. The Morgan fingerprint density at radius 2 is 1.71 bits per heavy atom. The third kappa shape index (κ3) is 5.99. The van der Waals surface area contributed by atoms with Crippen molar-refractivity contribution < 1.29 is 9.59 Å². The molecule has 4 rings (SSSR count). The predicted molar refractivity (Wildman–Crippen MR) is 138 cm³/mol. The highest BCUT2D eigenvalue weighted by atomic mass is 16.2. The summed E-state index contributed by atoms with van der Waals surface area (Å²) in [6.45, 7) is 1.55. The Hall–Kier alpha value is -4.30. The van der Waals surface area contributed by atoms with Gasteiger partial charge in [0.2, 0.25) is 0 Å². The first-order valence-corrected chi connectivity index (χ1v) is 11.5. The number of nitrogens with one attached hydrogen (secondary N) is 2. The highest BCUT2D eigenvalue weighted by Crippen LogP contribution is 2.25. The number of nitrogens with zero attached hydrogens (tertiary/aromatic N) is 2. The Labute approximate surface area is 203 Å². The lowest BCUT2D eigenvalue weighted by Crippen LogP contribution is -2.25. The molecule has 0 fully saturated rings. The minimum atomic E-state index is -0.529. The number of para-hydroxylation sites is 1. The number of aromatic nitrogens is 2. The number of rotatable bonds is 10. The first kappa shape index (κ1) is 23.8. The van der Waals surface area contributed by atoms with E-state index < -0.39 is 5.91 Å². The summed E-state index contributed by atoms with van der Waals surface area (Å²) >= 11 is 0. The van der Waals surface area contributed by atoms with E-state index in [-0.39, 0.29) is 5.91 Å². The Balaban J connectivity index is 1.54. The number of primary amides is 1. The van der Waals surface area contributed by atoms with Crippen molar-refractivity contribution >= 4 is 28.4 Å². The van der Waals surface area contributed by atoms with Crippen LogP contribution in [0.4, 0.5) is 5.69 Å². The number of benzene rings is 2. The summed E-state index contributed by atoms with van der Waals surface area (Å²) in [7, 11) is 0. The molecule has 0 spiro atoms. The van der Waals surface area contributed by atoms with Crippen LogP contribution in [0.25, 0.3) is 22.0 Å². The summed E-state index contributed by atoms with van der Waals surface area (Å²) in [5, 5.41) is 6.91. The third-order valence-electron chi connectivity index (χ3n) is 5.64. The molecule has 2 heterocycles. The van der Waals surface area contributed by atoms with Crippen LogP contribution in [0.5, 0.6) is 0 Å². The highest BCUT2D eigenvalue weighted by Gasteiger charge is 2.13. The average molecular weight is 469 g/mol. The number of hydrogen-bond donors (Lipinski definition) is 4. The van der Waals surface area contributed by atoms with Crippen LogP contribution in [0.2, 0.25) is 0 Å². The van der Waals surface area contributed by atoms with Gasteiger partial charge in [0.25, 0.3) is 11.8 Å². The van der Waals surface area contributed by atoms with Gasteiger partial charge in [-0.1, -0.05) is 30.3 Å². The van der Waals surface area contributed by atoms with E-state index in [1.807, 2.05) is 54.6 Å². The molecule has 0 bridgehead atoms. The molecule has 0 aliphatic carbocycles. The quantitative estimate of drug-likeness (QED) is 0.263. The van der Waals surface area contributed by atoms with Crippen molar-refractivity contribution in [2.24, 2.45) is 11.5 Å². The van der Waals surface area contributed by atoms with Gasteiger partial charge in [-0.3, -0.25) is 19.6 Å². The van der Waals surface area contributed by atoms with Crippen LogP contribution in [0.3, 0.4) is 0 Å². The van der Waals surface area contributed by atoms with E-state index in [1.54, 1.807) is 18.3 Å². The minimum Gasteiger partial charge on any atom is -0.379 e. The number of hydrogen-bond acceptors (Lipinski definition) is 6. The van der Waals surface area contributed by atoms with Gasteiger partial charge in [-0.05, 0) is 61.3 Å². The number of nitrogens with two attached hydrogens (primary N) is 2. The topological polar surface area (TPSA) is 136 Å². The van der Waals surface area contributed by atoms with E-state index in [4.69, 9.17) is 11.5 Å². The number of anilines is 1. The number of carbonyl (C=O) groups is 2. The Bertz CT molecular complexity index is 1320. The summed E-state index contributed by atoms with van der Waals surface area (Å²) in [5.74, 6) is -0.739. The van der Waals surface area contributed by atoms with Crippen LogP contribution in [0.15, 0.2) is 72.9 Å². The van der Waals surface area contributed by atoms with Gasteiger partial charge in [0.1, 0.15) is 5.69 Å². The van der Waals surface area contributed by atoms with Crippen LogP contribution < -0.4 is 22.1 Å². The Morgan fingerprint density at radius 1 is 0.914 bits per heavy atom. The molecule has 2 amide bonds. The summed E-state index contributed by atoms with van der Waals surface area (Å²) in [5.41, 5.74) is 15.9. The normalized spacial score (nSPS) is 10.8. The molecule has 2 aromatic heterocycles. The van der Waals surface area contributed by atoms with Gasteiger partial charge in [0, 0.05) is 29.4 Å². The molecule has 178 valence electrons. The molecule has 35 heavy (non-hydrogen) atoms. The second-order valence-electron chi connectivity index (χ2n) is 8.16. The van der Waals surface area contributed by atoms with E-state index >= 15 is 0 Å². The maximum Gasteiger partial charge on any atom is 0.269 e. The summed E-state index contributed by atoms with van der Waals surface area (Å²) in [6.07, 6.45) is 3.37. The first-order chi connectivity index (χ1) is 17.0. The zero-order valence-electron chi connectivity index (χ0n) is 19.3. The van der Waals surface area contributed by atoms with Crippen LogP contribution >= 0.6 is 0 Å². The second kappa shape index (κ2) is 11.2. The number of unbranched alkanes of at least 4 members (excludes halogenated alkanes) is 1. The standard InChI is InChI=1S/C27H28N6O2/c28-12-4-5-13-30-27(35)24-11-9-19(16-32-24)18-8-10-23-20(14-18)15-22(26(29)34)25(33-23)17-31-21-6-2-1-3-7-21/h1-3,6-11,14-16,31H,4-5,12-13,17,28H2,(H2,29,34)(H,30,35). The first-order valence-electron chi connectivity index (χ1n) is 11.5. The lowest BCUT2D eigenvalue weighted by molar-refractivity contribution is 0.0947. The summed E-state index contributed by atoms with van der Waals surface area (Å²) < 4.78 is 0. The van der Waals surface area contributed by atoms with E-state index in [9.17, 15) is 9.59 Å². The molecule has 0 aliphatic rings. The predicted octanol–water partition coefficient (Wildman–Crippen LogP) is 3.48. The van der Waals surface area contributed by atoms with E-state index in [2.05, 4.69) is 20.6 Å². The van der Waals surface area contributed by atoms with Gasteiger partial charge in [-0.2, -0.15) is 0 Å². The van der Waals surface area contributed by atoms with Gasteiger partial charge in [-0.15, -0.1) is 0 Å². The average Bonchev–Trinajstić information content (AvgIpc) is 2.89. The fraction of sp³-hybridized carbons (Fsp3) is 0.185. The molecule has 0 radical (unpaired) electrons. The summed E-state index contributed by atoms with van der Waals surface area (Å²) in [4.78, 5) is 33.4. The number of carbonyl (C=O) groups excluding carboxylic acids is 2. The minimum absolute atomic E-state index is 0.209. The Kier molecular flexibility index (Phi) is 7.64. The molecule has 2 aromatic carbocycles. The fourth-order valence-electron chi connectivity index (χ4n) is 3.75. The third-order valence-corrected chi connectivity index (χ3v) is 5.64. The van der Waals surface area contributed by atoms with Crippen molar-refractivity contribution in [2.75, 3.05) is 18.4 Å². The SMILES string of the molecule is NCCCCNC(=O)c1ccc(-c2ccc3nc(CNc4ccccc4)c(C(N)=O)cc3c2)cn1. The Morgan fingerprint density at radius 3 is 2.43 bits per heavy atom. The maximum atomic E-state index is 12.2. The molecule has 8 nitrogen and oxygen atoms in total. The van der Waals surface area contributed by atoms with Crippen molar-refractivity contribution in [3.63, 3.8) is 0 Å². The number of amides is 2. The molecule has 0 saturated heterocycles. The lowest BCUT2D eigenvalue weighted by atomic mass is 10.0. The lowest BCUT2D eigenvalue weighted by Gasteiger charge is -2.11. The van der Waals surface area contributed by atoms with Gasteiger partial charge < -0.3 is 22.1 Å². The van der Waals surface area contributed by atoms with Gasteiger partial charge >= 0.3 is 0 Å². The van der Waals surface area contributed by atoms with E-state index in [1.165, 1.54) is 0 Å².